The maximum atomic E-state index is 12.5. The molecule has 1 N–H and O–H groups in total. The van der Waals surface area contributed by atoms with Crippen LogP contribution in [0.4, 0.5) is 18.9 Å². The summed E-state index contributed by atoms with van der Waals surface area (Å²) in [5.41, 5.74) is 1.17. The lowest BCUT2D eigenvalue weighted by Crippen LogP contribution is -2.36. The summed E-state index contributed by atoms with van der Waals surface area (Å²) in [6, 6.07) is 12.2. The Morgan fingerprint density at radius 3 is 2.12 bits per heavy atom. The first kappa shape index (κ1) is 17.6. The van der Waals surface area contributed by atoms with Crippen molar-refractivity contribution in [3.8, 4) is 5.75 Å². The van der Waals surface area contributed by atoms with E-state index in [2.05, 4.69) is 4.90 Å². The standard InChI is InChI=1S/C19H20F3NO2/c20-19(21,22)15-3-1-14(2-4-15)13-25-18-9-11-23(12-10-18)16-5-7-17(24)8-6-16/h1-8,18,24H,9-13H2. The molecule has 3 rings (SSSR count). The Kier molecular flexibility index (Phi) is 5.18. The van der Waals surface area contributed by atoms with Gasteiger partial charge in [0.25, 0.3) is 0 Å². The quantitative estimate of drug-likeness (QED) is 0.874. The van der Waals surface area contributed by atoms with Gasteiger partial charge in [0.15, 0.2) is 0 Å². The van der Waals surface area contributed by atoms with Crippen LogP contribution in [-0.2, 0) is 17.5 Å². The molecule has 0 unspecified atom stereocenters. The largest absolute Gasteiger partial charge is 0.508 e. The zero-order valence-corrected chi connectivity index (χ0v) is 13.7. The number of halogens is 3. The molecule has 2 aromatic rings. The Morgan fingerprint density at radius 2 is 1.56 bits per heavy atom. The summed E-state index contributed by atoms with van der Waals surface area (Å²) in [4.78, 5) is 2.23. The van der Waals surface area contributed by atoms with Gasteiger partial charge in [-0.3, -0.25) is 0 Å². The lowest BCUT2D eigenvalue weighted by Gasteiger charge is -2.33. The maximum absolute atomic E-state index is 12.5. The Morgan fingerprint density at radius 1 is 0.960 bits per heavy atom. The van der Waals surface area contributed by atoms with E-state index in [-0.39, 0.29) is 11.9 Å². The van der Waals surface area contributed by atoms with Crippen molar-refractivity contribution in [1.29, 1.82) is 0 Å². The van der Waals surface area contributed by atoms with E-state index in [1.807, 2.05) is 12.1 Å². The minimum Gasteiger partial charge on any atom is -0.508 e. The second-order valence-corrected chi connectivity index (χ2v) is 6.21. The number of aromatic hydroxyl groups is 1. The molecular formula is C19H20F3NO2. The monoisotopic (exact) mass is 351 g/mol. The third kappa shape index (κ3) is 4.66. The SMILES string of the molecule is Oc1ccc(N2CCC(OCc3ccc(C(F)(F)F)cc3)CC2)cc1. The van der Waals surface area contributed by atoms with E-state index in [4.69, 9.17) is 4.74 Å². The number of alkyl halides is 3. The van der Waals surface area contributed by atoms with Crippen LogP contribution in [0.5, 0.6) is 5.75 Å². The lowest BCUT2D eigenvalue weighted by molar-refractivity contribution is -0.137. The fourth-order valence-corrected chi connectivity index (χ4v) is 2.95. The normalized spacial score (nSPS) is 16.2. The number of piperidine rings is 1. The van der Waals surface area contributed by atoms with Crippen LogP contribution >= 0.6 is 0 Å². The fraction of sp³-hybridized carbons (Fsp3) is 0.368. The van der Waals surface area contributed by atoms with Gasteiger partial charge in [-0.2, -0.15) is 13.2 Å². The van der Waals surface area contributed by atoms with Gasteiger partial charge in [0.2, 0.25) is 0 Å². The highest BCUT2D eigenvalue weighted by Gasteiger charge is 2.30. The molecule has 0 bridgehead atoms. The Balaban J connectivity index is 1.47. The van der Waals surface area contributed by atoms with E-state index in [1.54, 1.807) is 12.1 Å². The molecule has 1 aliphatic rings. The van der Waals surface area contributed by atoms with Crippen molar-refractivity contribution in [2.45, 2.75) is 31.7 Å². The predicted octanol–water partition coefficient (Wildman–Crippen LogP) is 4.60. The number of hydrogen-bond donors (Lipinski definition) is 1. The van der Waals surface area contributed by atoms with Gasteiger partial charge in [-0.25, -0.2) is 0 Å². The topological polar surface area (TPSA) is 32.7 Å². The molecule has 0 aliphatic carbocycles. The third-order valence-electron chi connectivity index (χ3n) is 4.42. The number of hydrogen-bond acceptors (Lipinski definition) is 3. The molecule has 0 radical (unpaired) electrons. The molecule has 0 atom stereocenters. The molecule has 1 fully saturated rings. The zero-order chi connectivity index (χ0) is 17.9. The summed E-state index contributed by atoms with van der Waals surface area (Å²) < 4.78 is 43.5. The highest BCUT2D eigenvalue weighted by Crippen LogP contribution is 2.29. The summed E-state index contributed by atoms with van der Waals surface area (Å²) in [7, 11) is 0. The number of benzene rings is 2. The summed E-state index contributed by atoms with van der Waals surface area (Å²) in [6.45, 7) is 2.02. The van der Waals surface area contributed by atoms with Gasteiger partial charge in [-0.15, -0.1) is 0 Å². The number of phenols is 1. The number of ether oxygens (including phenoxy) is 1. The van der Waals surface area contributed by atoms with Gasteiger partial charge < -0.3 is 14.7 Å². The smallest absolute Gasteiger partial charge is 0.416 e. The second-order valence-electron chi connectivity index (χ2n) is 6.21. The second kappa shape index (κ2) is 7.35. The summed E-state index contributed by atoms with van der Waals surface area (Å²) in [5, 5.41) is 9.34. The predicted molar refractivity (Wildman–Crippen MR) is 89.6 cm³/mol. The molecule has 1 aliphatic heterocycles. The summed E-state index contributed by atoms with van der Waals surface area (Å²) in [5.74, 6) is 0.249. The van der Waals surface area contributed by atoms with Crippen LogP contribution in [0.1, 0.15) is 24.0 Å². The third-order valence-corrected chi connectivity index (χ3v) is 4.42. The zero-order valence-electron chi connectivity index (χ0n) is 13.7. The van der Waals surface area contributed by atoms with Crippen LogP contribution in [0.15, 0.2) is 48.5 Å². The van der Waals surface area contributed by atoms with Crippen molar-refractivity contribution in [2.24, 2.45) is 0 Å². The molecular weight excluding hydrogens is 331 g/mol. The van der Waals surface area contributed by atoms with E-state index < -0.39 is 11.7 Å². The lowest BCUT2D eigenvalue weighted by atomic mass is 10.1. The maximum Gasteiger partial charge on any atom is 0.416 e. The van der Waals surface area contributed by atoms with Crippen molar-refractivity contribution in [2.75, 3.05) is 18.0 Å². The minimum absolute atomic E-state index is 0.107. The number of anilines is 1. The van der Waals surface area contributed by atoms with E-state index >= 15 is 0 Å². The van der Waals surface area contributed by atoms with E-state index in [0.29, 0.717) is 6.61 Å². The van der Waals surface area contributed by atoms with Gasteiger partial charge in [-0.05, 0) is 54.8 Å². The van der Waals surface area contributed by atoms with E-state index in [1.165, 1.54) is 12.1 Å². The molecule has 0 amide bonds. The minimum atomic E-state index is -4.31. The Hall–Kier alpha value is -2.21. The summed E-state index contributed by atoms with van der Waals surface area (Å²) in [6.07, 6.45) is -2.47. The van der Waals surface area contributed by atoms with E-state index in [9.17, 15) is 18.3 Å². The first-order chi connectivity index (χ1) is 11.9. The van der Waals surface area contributed by atoms with Gasteiger partial charge in [0.05, 0.1) is 18.3 Å². The van der Waals surface area contributed by atoms with E-state index in [0.717, 1.165) is 49.3 Å². The number of nitrogens with zero attached hydrogens (tertiary/aromatic N) is 1. The highest BCUT2D eigenvalue weighted by atomic mass is 19.4. The van der Waals surface area contributed by atoms with Crippen molar-refractivity contribution in [1.82, 2.24) is 0 Å². The van der Waals surface area contributed by atoms with Crippen molar-refractivity contribution < 1.29 is 23.0 Å². The van der Waals surface area contributed by atoms with Crippen LogP contribution in [0.2, 0.25) is 0 Å². The molecule has 25 heavy (non-hydrogen) atoms. The molecule has 1 heterocycles. The average molecular weight is 351 g/mol. The van der Waals surface area contributed by atoms with Crippen molar-refractivity contribution in [3.63, 3.8) is 0 Å². The number of phenolic OH excluding ortho intramolecular Hbond substituents is 1. The van der Waals surface area contributed by atoms with Crippen LogP contribution < -0.4 is 4.90 Å². The highest BCUT2D eigenvalue weighted by molar-refractivity contribution is 5.49. The van der Waals surface area contributed by atoms with Gasteiger partial charge >= 0.3 is 6.18 Å². The van der Waals surface area contributed by atoms with Crippen LogP contribution in [0.3, 0.4) is 0 Å². The number of rotatable bonds is 4. The van der Waals surface area contributed by atoms with Crippen molar-refractivity contribution >= 4 is 5.69 Å². The molecule has 134 valence electrons. The molecule has 3 nitrogen and oxygen atoms in total. The molecule has 0 saturated carbocycles. The summed E-state index contributed by atoms with van der Waals surface area (Å²) >= 11 is 0. The van der Waals surface area contributed by atoms with Crippen molar-refractivity contribution in [3.05, 3.63) is 59.7 Å². The van der Waals surface area contributed by atoms with Crippen LogP contribution in [0.25, 0.3) is 0 Å². The molecule has 2 aromatic carbocycles. The molecule has 6 heteroatoms. The van der Waals surface area contributed by atoms with Gasteiger partial charge in [-0.1, -0.05) is 12.1 Å². The van der Waals surface area contributed by atoms with Crippen LogP contribution in [0, 0.1) is 0 Å². The Bertz CT molecular complexity index is 675. The van der Waals surface area contributed by atoms with Gasteiger partial charge in [0, 0.05) is 18.8 Å². The van der Waals surface area contributed by atoms with Crippen LogP contribution in [-0.4, -0.2) is 24.3 Å². The molecule has 0 spiro atoms. The fourth-order valence-electron chi connectivity index (χ4n) is 2.95. The van der Waals surface area contributed by atoms with Gasteiger partial charge in [0.1, 0.15) is 5.75 Å². The first-order valence-corrected chi connectivity index (χ1v) is 8.23. The Labute approximate surface area is 144 Å². The average Bonchev–Trinajstić information content (AvgIpc) is 2.61. The first-order valence-electron chi connectivity index (χ1n) is 8.23. The molecule has 1 saturated heterocycles. The molecule has 0 aromatic heterocycles.